The van der Waals surface area contributed by atoms with E-state index in [0.29, 0.717) is 6.54 Å². The van der Waals surface area contributed by atoms with Crippen molar-refractivity contribution in [3.05, 3.63) is 0 Å². The van der Waals surface area contributed by atoms with Crippen molar-refractivity contribution >= 4 is 0 Å². The van der Waals surface area contributed by atoms with E-state index < -0.39 is 11.0 Å². The monoisotopic (exact) mass is 194 g/mol. The summed E-state index contributed by atoms with van der Waals surface area (Å²) >= 11 is 0. The first-order valence-electron chi connectivity index (χ1n) is 5.52. The maximum Gasteiger partial charge on any atom is 0.0971 e. The first-order chi connectivity index (χ1) is 6.66. The number of likely N-dealkylation sites (tertiary alicyclic amines) is 1. The highest BCUT2D eigenvalue weighted by Crippen LogP contribution is 2.56. The van der Waals surface area contributed by atoms with Gasteiger partial charge in [-0.25, -0.2) is 0 Å². The molecule has 1 saturated heterocycles. The zero-order chi connectivity index (χ0) is 10.2. The van der Waals surface area contributed by atoms with E-state index >= 15 is 0 Å². The van der Waals surface area contributed by atoms with Crippen molar-refractivity contribution < 1.29 is 5.11 Å². The average Bonchev–Trinajstić information content (AvgIpc) is 2.89. The summed E-state index contributed by atoms with van der Waals surface area (Å²) in [6.45, 7) is 4.85. The molecule has 1 saturated carbocycles. The lowest BCUT2D eigenvalue weighted by molar-refractivity contribution is 0.000286. The van der Waals surface area contributed by atoms with Gasteiger partial charge < -0.3 is 10.0 Å². The summed E-state index contributed by atoms with van der Waals surface area (Å²) in [7, 11) is 0. The van der Waals surface area contributed by atoms with Gasteiger partial charge in [-0.15, -0.1) is 0 Å². The fraction of sp³-hybridized carbons (Fsp3) is 0.909. The molecule has 1 aliphatic heterocycles. The maximum atomic E-state index is 10.4. The fourth-order valence-electron chi connectivity index (χ4n) is 2.58. The molecule has 1 unspecified atom stereocenters. The molecule has 0 aromatic carbocycles. The molecule has 1 atom stereocenters. The summed E-state index contributed by atoms with van der Waals surface area (Å²) in [5.74, 6) is 0. The Balaban J connectivity index is 2.03. The smallest absolute Gasteiger partial charge is 0.0971 e. The molecule has 2 rings (SSSR count). The van der Waals surface area contributed by atoms with Gasteiger partial charge in [0.15, 0.2) is 0 Å². The first-order valence-corrected chi connectivity index (χ1v) is 5.52. The molecule has 3 nitrogen and oxygen atoms in total. The predicted octanol–water partition coefficient (Wildman–Crippen LogP) is 1.14. The van der Waals surface area contributed by atoms with E-state index in [1.54, 1.807) is 0 Å². The number of β-amino-alcohol motifs (C(OH)–C–C–N with tert-alkyl or cyclic N) is 1. The highest BCUT2D eigenvalue weighted by Gasteiger charge is 2.61. The van der Waals surface area contributed by atoms with Crippen molar-refractivity contribution in [1.82, 2.24) is 4.90 Å². The third kappa shape index (κ3) is 1.34. The van der Waals surface area contributed by atoms with Crippen molar-refractivity contribution in [2.45, 2.75) is 38.2 Å². The quantitative estimate of drug-likeness (QED) is 0.732. The molecular weight excluding hydrogens is 176 g/mol. The Bertz CT molecular complexity index is 267. The molecule has 3 heteroatoms. The van der Waals surface area contributed by atoms with Gasteiger partial charge in [0.1, 0.15) is 0 Å². The van der Waals surface area contributed by atoms with Crippen LogP contribution in [-0.2, 0) is 0 Å². The first kappa shape index (κ1) is 9.95. The van der Waals surface area contributed by atoms with Crippen LogP contribution in [0.2, 0.25) is 0 Å². The molecule has 0 aromatic rings. The number of nitriles is 1. The highest BCUT2D eigenvalue weighted by atomic mass is 16.3. The SMILES string of the molecule is CCCN1CCC(O)(C2(C#N)CC2)C1. The molecule has 78 valence electrons. The van der Waals surface area contributed by atoms with Gasteiger partial charge in [-0.2, -0.15) is 5.26 Å². The predicted molar refractivity (Wildman–Crippen MR) is 53.6 cm³/mol. The minimum Gasteiger partial charge on any atom is -0.387 e. The van der Waals surface area contributed by atoms with Crippen molar-refractivity contribution in [2.75, 3.05) is 19.6 Å². The largest absolute Gasteiger partial charge is 0.387 e. The topological polar surface area (TPSA) is 47.3 Å². The number of hydrogen-bond acceptors (Lipinski definition) is 3. The average molecular weight is 194 g/mol. The molecule has 0 bridgehead atoms. The standard InChI is InChI=1S/C11H18N2O/c1-2-6-13-7-5-11(14,9-13)10(8-12)3-4-10/h14H,2-7,9H2,1H3. The van der Waals surface area contributed by atoms with Crippen LogP contribution in [-0.4, -0.2) is 35.2 Å². The van der Waals surface area contributed by atoms with E-state index in [-0.39, 0.29) is 0 Å². The second kappa shape index (κ2) is 3.22. The van der Waals surface area contributed by atoms with E-state index in [1.807, 2.05) is 0 Å². The van der Waals surface area contributed by atoms with E-state index in [4.69, 9.17) is 5.26 Å². The Morgan fingerprint density at radius 2 is 2.14 bits per heavy atom. The number of rotatable bonds is 3. The van der Waals surface area contributed by atoms with Crippen molar-refractivity contribution in [1.29, 1.82) is 5.26 Å². The summed E-state index contributed by atoms with van der Waals surface area (Å²) in [5.41, 5.74) is -1.10. The van der Waals surface area contributed by atoms with Crippen LogP contribution in [0.5, 0.6) is 0 Å². The molecule has 14 heavy (non-hydrogen) atoms. The lowest BCUT2D eigenvalue weighted by atomic mass is 9.84. The van der Waals surface area contributed by atoms with Crippen LogP contribution in [0, 0.1) is 16.7 Å². The van der Waals surface area contributed by atoms with Gasteiger partial charge in [0.05, 0.1) is 17.1 Å². The van der Waals surface area contributed by atoms with Gasteiger partial charge in [0.2, 0.25) is 0 Å². The van der Waals surface area contributed by atoms with Crippen molar-refractivity contribution in [3.8, 4) is 6.07 Å². The van der Waals surface area contributed by atoms with Gasteiger partial charge in [0.25, 0.3) is 0 Å². The Morgan fingerprint density at radius 3 is 2.64 bits per heavy atom. The second-order valence-corrected chi connectivity index (χ2v) is 4.75. The van der Waals surface area contributed by atoms with Crippen LogP contribution in [0.3, 0.4) is 0 Å². The summed E-state index contributed by atoms with van der Waals surface area (Å²) in [4.78, 5) is 2.28. The molecule has 0 radical (unpaired) electrons. The van der Waals surface area contributed by atoms with Gasteiger partial charge in [-0.05, 0) is 32.2 Å². The number of aliphatic hydroxyl groups is 1. The Kier molecular flexibility index (Phi) is 2.29. The van der Waals surface area contributed by atoms with E-state index in [1.165, 1.54) is 0 Å². The number of hydrogen-bond donors (Lipinski definition) is 1. The van der Waals surface area contributed by atoms with Crippen LogP contribution in [0.25, 0.3) is 0 Å². The zero-order valence-corrected chi connectivity index (χ0v) is 8.79. The minimum absolute atomic E-state index is 0.393. The lowest BCUT2D eigenvalue weighted by Gasteiger charge is -2.28. The Labute approximate surface area is 85.3 Å². The zero-order valence-electron chi connectivity index (χ0n) is 8.79. The van der Waals surface area contributed by atoms with Crippen molar-refractivity contribution in [2.24, 2.45) is 5.41 Å². The van der Waals surface area contributed by atoms with Crippen LogP contribution in [0.1, 0.15) is 32.6 Å². The third-order valence-corrected chi connectivity index (χ3v) is 3.72. The van der Waals surface area contributed by atoms with E-state index in [0.717, 1.165) is 38.8 Å². The fourth-order valence-corrected chi connectivity index (χ4v) is 2.58. The molecule has 1 aliphatic carbocycles. The lowest BCUT2D eigenvalue weighted by Crippen LogP contribution is -2.41. The summed E-state index contributed by atoms with van der Waals surface area (Å²) in [5, 5.41) is 19.5. The van der Waals surface area contributed by atoms with Crippen molar-refractivity contribution in [3.63, 3.8) is 0 Å². The third-order valence-electron chi connectivity index (χ3n) is 3.72. The van der Waals surface area contributed by atoms with Gasteiger partial charge in [-0.1, -0.05) is 6.92 Å². The van der Waals surface area contributed by atoms with Gasteiger partial charge in [0, 0.05) is 13.1 Å². The van der Waals surface area contributed by atoms with Crippen LogP contribution in [0.15, 0.2) is 0 Å². The number of nitrogens with zero attached hydrogens (tertiary/aromatic N) is 2. The van der Waals surface area contributed by atoms with Crippen LogP contribution in [0.4, 0.5) is 0 Å². The molecule has 2 fully saturated rings. The molecular formula is C11H18N2O. The van der Waals surface area contributed by atoms with Gasteiger partial charge in [-0.3, -0.25) is 0 Å². The normalized spacial score (nSPS) is 35.5. The molecule has 1 N–H and O–H groups in total. The van der Waals surface area contributed by atoms with Crippen LogP contribution < -0.4 is 0 Å². The summed E-state index contributed by atoms with van der Waals surface area (Å²) in [6.07, 6.45) is 3.68. The molecule has 0 aromatic heterocycles. The molecule has 1 heterocycles. The maximum absolute atomic E-state index is 10.4. The van der Waals surface area contributed by atoms with Gasteiger partial charge >= 0.3 is 0 Å². The van der Waals surface area contributed by atoms with Crippen LogP contribution >= 0.6 is 0 Å². The molecule has 2 aliphatic rings. The summed E-state index contributed by atoms with van der Waals surface area (Å²) in [6, 6.07) is 2.32. The molecule has 0 amide bonds. The van der Waals surface area contributed by atoms with E-state index in [9.17, 15) is 5.11 Å². The summed E-state index contributed by atoms with van der Waals surface area (Å²) < 4.78 is 0. The molecule has 0 spiro atoms. The van der Waals surface area contributed by atoms with E-state index in [2.05, 4.69) is 17.9 Å². The minimum atomic E-state index is -0.711. The Morgan fingerprint density at radius 1 is 1.43 bits per heavy atom. The second-order valence-electron chi connectivity index (χ2n) is 4.75. The highest BCUT2D eigenvalue weighted by molar-refractivity contribution is 5.22. The Hall–Kier alpha value is -0.590.